The molecular weight excluding hydrogens is 411 g/mol. The molecule has 0 unspecified atom stereocenters. The molecule has 4 rings (SSSR count). The number of fused-ring (bicyclic) bond motifs is 1. The quantitative estimate of drug-likeness (QED) is 0.608. The van der Waals surface area contributed by atoms with E-state index in [0.717, 1.165) is 6.07 Å². The number of carbonyl (C=O) groups excluding carboxylic acids is 1. The first-order valence-electron chi connectivity index (χ1n) is 10.2. The lowest BCUT2D eigenvalue weighted by molar-refractivity contribution is -0.136. The van der Waals surface area contributed by atoms with Crippen LogP contribution >= 0.6 is 0 Å². The average Bonchev–Trinajstić information content (AvgIpc) is 3.28. The van der Waals surface area contributed by atoms with Gasteiger partial charge >= 0.3 is 6.18 Å². The molecular formula is C21H24F3N5O2. The lowest BCUT2D eigenvalue weighted by atomic mass is 9.91. The fourth-order valence-electron chi connectivity index (χ4n) is 4.16. The highest BCUT2D eigenvalue weighted by Gasteiger charge is 2.38. The van der Waals surface area contributed by atoms with Crippen LogP contribution in [0.4, 0.5) is 13.2 Å². The van der Waals surface area contributed by atoms with Gasteiger partial charge in [0.1, 0.15) is 0 Å². The molecule has 1 aliphatic heterocycles. The van der Waals surface area contributed by atoms with Crippen LogP contribution < -0.4 is 0 Å². The maximum Gasteiger partial charge on any atom is 0.417 e. The zero-order valence-corrected chi connectivity index (χ0v) is 17.8. The maximum absolute atomic E-state index is 13.9. The maximum atomic E-state index is 13.9. The topological polar surface area (TPSA) is 77.0 Å². The number of rotatable bonds is 3. The van der Waals surface area contributed by atoms with Gasteiger partial charge in [-0.2, -0.15) is 18.3 Å². The van der Waals surface area contributed by atoms with Crippen molar-refractivity contribution in [3.05, 3.63) is 40.5 Å². The van der Waals surface area contributed by atoms with Crippen LogP contribution in [0.25, 0.3) is 11.1 Å². The van der Waals surface area contributed by atoms with Gasteiger partial charge in [0, 0.05) is 37.9 Å². The standard InChI is InChI=1S/C21H24F3N5O2/c1-11(2)16-8-15(21(22,23)24)17-18(27-31-19(17)25-16)13-6-5-7-29(9-13)20(30)14-10-28(4)26-12(14)3/h8,10-11,13H,5-7,9H2,1-4H3/t13-/m1/s1. The zero-order chi connectivity index (χ0) is 22.5. The van der Waals surface area contributed by atoms with Gasteiger partial charge in [-0.3, -0.25) is 9.48 Å². The van der Waals surface area contributed by atoms with E-state index < -0.39 is 11.7 Å². The molecule has 1 fully saturated rings. The van der Waals surface area contributed by atoms with Crippen LogP contribution in [0.5, 0.6) is 0 Å². The second-order valence-corrected chi connectivity index (χ2v) is 8.39. The fourth-order valence-corrected chi connectivity index (χ4v) is 4.16. The lowest BCUT2D eigenvalue weighted by Gasteiger charge is -2.32. The Hall–Kier alpha value is -2.91. The van der Waals surface area contributed by atoms with Gasteiger partial charge in [0.2, 0.25) is 0 Å². The number of halogens is 3. The Bertz CT molecular complexity index is 1130. The number of likely N-dealkylation sites (tertiary alicyclic amines) is 1. The fraction of sp³-hybridized carbons (Fsp3) is 0.524. The smallest absolute Gasteiger partial charge is 0.338 e. The summed E-state index contributed by atoms with van der Waals surface area (Å²) in [5, 5.41) is 8.09. The van der Waals surface area contributed by atoms with Crippen molar-refractivity contribution in [2.24, 2.45) is 7.05 Å². The number of pyridine rings is 1. The lowest BCUT2D eigenvalue weighted by Crippen LogP contribution is -2.39. The van der Waals surface area contributed by atoms with Gasteiger partial charge in [0.05, 0.1) is 27.9 Å². The first kappa shape index (κ1) is 21.3. The van der Waals surface area contributed by atoms with E-state index >= 15 is 0 Å². The molecule has 3 aromatic heterocycles. The molecule has 4 heterocycles. The van der Waals surface area contributed by atoms with E-state index in [0.29, 0.717) is 36.3 Å². The third-order valence-corrected chi connectivity index (χ3v) is 5.73. The summed E-state index contributed by atoms with van der Waals surface area (Å²) in [6, 6.07) is 1.08. The highest BCUT2D eigenvalue weighted by molar-refractivity contribution is 5.95. The van der Waals surface area contributed by atoms with E-state index in [-0.39, 0.29) is 41.1 Å². The van der Waals surface area contributed by atoms with E-state index in [1.165, 1.54) is 0 Å². The van der Waals surface area contributed by atoms with Gasteiger partial charge < -0.3 is 9.42 Å². The van der Waals surface area contributed by atoms with Crippen molar-refractivity contribution in [1.29, 1.82) is 0 Å². The minimum atomic E-state index is -4.57. The average molecular weight is 435 g/mol. The molecule has 1 saturated heterocycles. The van der Waals surface area contributed by atoms with Crippen molar-refractivity contribution < 1.29 is 22.5 Å². The van der Waals surface area contributed by atoms with Crippen LogP contribution in [0.1, 0.15) is 71.5 Å². The molecule has 31 heavy (non-hydrogen) atoms. The Labute approximate surface area is 177 Å². The van der Waals surface area contributed by atoms with Gasteiger partial charge in [0.25, 0.3) is 11.6 Å². The summed E-state index contributed by atoms with van der Waals surface area (Å²) >= 11 is 0. The molecule has 0 spiro atoms. The summed E-state index contributed by atoms with van der Waals surface area (Å²) in [4.78, 5) is 18.9. The summed E-state index contributed by atoms with van der Waals surface area (Å²) in [5.41, 5.74) is 0.725. The highest BCUT2D eigenvalue weighted by atomic mass is 19.4. The Morgan fingerprint density at radius 1 is 1.32 bits per heavy atom. The normalized spacial score (nSPS) is 17.7. The first-order chi connectivity index (χ1) is 14.6. The van der Waals surface area contributed by atoms with E-state index in [1.54, 1.807) is 43.6 Å². The van der Waals surface area contributed by atoms with Gasteiger partial charge in [-0.25, -0.2) is 4.98 Å². The summed E-state index contributed by atoms with van der Waals surface area (Å²) < 4.78 is 48.5. The molecule has 1 atom stereocenters. The number of piperidine rings is 1. The number of hydrogen-bond donors (Lipinski definition) is 0. The Kier molecular flexibility index (Phi) is 5.26. The molecule has 3 aromatic rings. The number of nitrogens with zero attached hydrogens (tertiary/aromatic N) is 5. The number of aryl methyl sites for hydroxylation is 2. The van der Waals surface area contributed by atoms with Crippen molar-refractivity contribution in [2.75, 3.05) is 13.1 Å². The predicted octanol–water partition coefficient (Wildman–Crippen LogP) is 4.43. The third kappa shape index (κ3) is 3.90. The van der Waals surface area contributed by atoms with Crippen LogP contribution in [-0.2, 0) is 13.2 Å². The monoisotopic (exact) mass is 435 g/mol. The molecule has 0 saturated carbocycles. The molecule has 0 aliphatic carbocycles. The van der Waals surface area contributed by atoms with E-state index in [9.17, 15) is 18.0 Å². The second-order valence-electron chi connectivity index (χ2n) is 8.39. The zero-order valence-electron chi connectivity index (χ0n) is 17.8. The van der Waals surface area contributed by atoms with Gasteiger partial charge in [-0.1, -0.05) is 19.0 Å². The van der Waals surface area contributed by atoms with Crippen LogP contribution in [-0.4, -0.2) is 43.8 Å². The highest BCUT2D eigenvalue weighted by Crippen LogP contribution is 2.40. The van der Waals surface area contributed by atoms with Crippen LogP contribution in [0.15, 0.2) is 16.8 Å². The van der Waals surface area contributed by atoms with Gasteiger partial charge in [-0.05, 0) is 31.7 Å². The van der Waals surface area contributed by atoms with Gasteiger partial charge in [0.15, 0.2) is 0 Å². The van der Waals surface area contributed by atoms with Crippen LogP contribution in [0.2, 0.25) is 0 Å². The minimum absolute atomic E-state index is 0.103. The first-order valence-corrected chi connectivity index (χ1v) is 10.2. The van der Waals surface area contributed by atoms with E-state index in [4.69, 9.17) is 4.52 Å². The van der Waals surface area contributed by atoms with Crippen molar-refractivity contribution in [3.63, 3.8) is 0 Å². The summed E-state index contributed by atoms with van der Waals surface area (Å²) in [6.45, 7) is 6.10. The molecule has 1 aliphatic rings. The molecule has 0 radical (unpaired) electrons. The predicted molar refractivity (Wildman–Crippen MR) is 107 cm³/mol. The minimum Gasteiger partial charge on any atom is -0.338 e. The summed E-state index contributed by atoms with van der Waals surface area (Å²) in [5.74, 6) is -0.743. The molecule has 7 nitrogen and oxygen atoms in total. The van der Waals surface area contributed by atoms with E-state index in [1.807, 2.05) is 0 Å². The number of hydrogen-bond acceptors (Lipinski definition) is 5. The Morgan fingerprint density at radius 2 is 2.06 bits per heavy atom. The number of aromatic nitrogens is 4. The van der Waals surface area contributed by atoms with Crippen molar-refractivity contribution >= 4 is 17.0 Å². The SMILES string of the molecule is Cc1nn(C)cc1C(=O)N1CCC[C@@H](c2noc3nc(C(C)C)cc(C(F)(F)F)c23)C1. The Morgan fingerprint density at radius 3 is 2.68 bits per heavy atom. The summed E-state index contributed by atoms with van der Waals surface area (Å²) in [6.07, 6.45) is -1.64. The van der Waals surface area contributed by atoms with Gasteiger partial charge in [-0.15, -0.1) is 0 Å². The number of carbonyl (C=O) groups is 1. The van der Waals surface area contributed by atoms with Crippen molar-refractivity contribution in [3.8, 4) is 0 Å². The van der Waals surface area contributed by atoms with Crippen LogP contribution in [0.3, 0.4) is 0 Å². The van der Waals surface area contributed by atoms with Crippen LogP contribution in [0, 0.1) is 6.92 Å². The van der Waals surface area contributed by atoms with Crippen molar-refractivity contribution in [1.82, 2.24) is 24.8 Å². The molecule has 10 heteroatoms. The molecule has 0 aromatic carbocycles. The van der Waals surface area contributed by atoms with E-state index in [2.05, 4.69) is 15.2 Å². The second kappa shape index (κ2) is 7.65. The summed E-state index contributed by atoms with van der Waals surface area (Å²) in [7, 11) is 1.74. The molecule has 0 bridgehead atoms. The molecule has 1 amide bonds. The number of alkyl halides is 3. The third-order valence-electron chi connectivity index (χ3n) is 5.73. The Balaban J connectivity index is 1.71. The van der Waals surface area contributed by atoms with Crippen molar-refractivity contribution in [2.45, 2.75) is 51.6 Å². The molecule has 166 valence electrons. The number of amides is 1. The molecule has 0 N–H and O–H groups in total. The largest absolute Gasteiger partial charge is 0.417 e.